The smallest absolute Gasteiger partial charge is 0.222 e. The molecule has 0 aromatic rings. The Morgan fingerprint density at radius 2 is 2.45 bits per heavy atom. The van der Waals surface area contributed by atoms with Gasteiger partial charge >= 0.3 is 0 Å². The van der Waals surface area contributed by atoms with Gasteiger partial charge in [-0.3, -0.25) is 4.79 Å². The standard InChI is InChI=1S/C8H15NO2/c1-7-5-8(11)9(6-7)3-2-4-10/h7,10H,2-6H2,1H3. The van der Waals surface area contributed by atoms with Gasteiger partial charge in [0.25, 0.3) is 0 Å². The monoisotopic (exact) mass is 157 g/mol. The van der Waals surface area contributed by atoms with Crippen molar-refractivity contribution in [3.05, 3.63) is 0 Å². The first-order valence-electron chi connectivity index (χ1n) is 4.12. The van der Waals surface area contributed by atoms with Crippen molar-refractivity contribution < 1.29 is 9.90 Å². The van der Waals surface area contributed by atoms with Gasteiger partial charge in [-0.1, -0.05) is 6.92 Å². The molecule has 3 heteroatoms. The van der Waals surface area contributed by atoms with Gasteiger partial charge in [-0.25, -0.2) is 0 Å². The molecular formula is C8H15NO2. The minimum atomic E-state index is 0.179. The first-order valence-corrected chi connectivity index (χ1v) is 4.12. The van der Waals surface area contributed by atoms with E-state index in [0.717, 1.165) is 13.1 Å². The highest BCUT2D eigenvalue weighted by Gasteiger charge is 2.25. The summed E-state index contributed by atoms with van der Waals surface area (Å²) in [6.07, 6.45) is 1.39. The van der Waals surface area contributed by atoms with Crippen LogP contribution in [0, 0.1) is 5.92 Å². The topological polar surface area (TPSA) is 40.5 Å². The quantitative estimate of drug-likeness (QED) is 0.637. The van der Waals surface area contributed by atoms with Crippen molar-refractivity contribution in [2.24, 2.45) is 5.92 Å². The molecule has 0 radical (unpaired) electrons. The number of hydrogen-bond acceptors (Lipinski definition) is 2. The second-order valence-corrected chi connectivity index (χ2v) is 3.23. The van der Waals surface area contributed by atoms with Crippen molar-refractivity contribution in [2.45, 2.75) is 19.8 Å². The molecule has 0 saturated carbocycles. The summed E-state index contributed by atoms with van der Waals surface area (Å²) in [5, 5.41) is 8.54. The number of aliphatic hydroxyl groups excluding tert-OH is 1. The lowest BCUT2D eigenvalue weighted by Crippen LogP contribution is -2.26. The number of carbonyl (C=O) groups is 1. The molecule has 1 aliphatic heterocycles. The van der Waals surface area contributed by atoms with Crippen molar-refractivity contribution in [2.75, 3.05) is 19.7 Å². The molecule has 1 atom stereocenters. The molecule has 1 unspecified atom stereocenters. The van der Waals surface area contributed by atoms with E-state index in [4.69, 9.17) is 5.11 Å². The van der Waals surface area contributed by atoms with E-state index in [1.807, 2.05) is 4.90 Å². The van der Waals surface area contributed by atoms with Crippen molar-refractivity contribution in [3.8, 4) is 0 Å². The third-order valence-electron chi connectivity index (χ3n) is 1.99. The van der Waals surface area contributed by atoms with E-state index in [2.05, 4.69) is 6.92 Å². The van der Waals surface area contributed by atoms with E-state index in [1.165, 1.54) is 0 Å². The van der Waals surface area contributed by atoms with Crippen molar-refractivity contribution >= 4 is 5.91 Å². The average Bonchev–Trinajstić information content (AvgIpc) is 2.26. The van der Waals surface area contributed by atoms with Crippen LogP contribution in [-0.4, -0.2) is 35.6 Å². The van der Waals surface area contributed by atoms with E-state index >= 15 is 0 Å². The first-order chi connectivity index (χ1) is 5.24. The summed E-state index contributed by atoms with van der Waals surface area (Å²) in [7, 11) is 0. The molecule has 0 aliphatic carbocycles. The van der Waals surface area contributed by atoms with Gasteiger partial charge in [0.2, 0.25) is 5.91 Å². The van der Waals surface area contributed by atoms with Crippen LogP contribution in [0.15, 0.2) is 0 Å². The fraction of sp³-hybridized carbons (Fsp3) is 0.875. The Balaban J connectivity index is 2.29. The average molecular weight is 157 g/mol. The number of amides is 1. The maximum Gasteiger partial charge on any atom is 0.222 e. The maximum absolute atomic E-state index is 11.1. The van der Waals surface area contributed by atoms with E-state index in [1.54, 1.807) is 0 Å². The first kappa shape index (κ1) is 8.53. The molecule has 3 nitrogen and oxygen atoms in total. The normalized spacial score (nSPS) is 24.7. The molecule has 11 heavy (non-hydrogen) atoms. The van der Waals surface area contributed by atoms with Crippen LogP contribution in [0.3, 0.4) is 0 Å². The number of aliphatic hydroxyl groups is 1. The van der Waals surface area contributed by atoms with Crippen LogP contribution in [0.1, 0.15) is 19.8 Å². The van der Waals surface area contributed by atoms with Crippen LogP contribution in [-0.2, 0) is 4.79 Å². The molecule has 0 aromatic carbocycles. The summed E-state index contributed by atoms with van der Waals surface area (Å²) >= 11 is 0. The molecule has 0 spiro atoms. The van der Waals surface area contributed by atoms with Gasteiger partial charge in [-0.2, -0.15) is 0 Å². The third-order valence-corrected chi connectivity index (χ3v) is 1.99. The van der Waals surface area contributed by atoms with Crippen molar-refractivity contribution in [1.29, 1.82) is 0 Å². The zero-order valence-electron chi connectivity index (χ0n) is 6.92. The molecule has 1 amide bonds. The molecule has 0 bridgehead atoms. The fourth-order valence-corrected chi connectivity index (χ4v) is 1.45. The van der Waals surface area contributed by atoms with Gasteiger partial charge in [0, 0.05) is 26.1 Å². The maximum atomic E-state index is 11.1. The number of nitrogens with zero attached hydrogens (tertiary/aromatic N) is 1. The Morgan fingerprint density at radius 1 is 1.73 bits per heavy atom. The molecule has 64 valence electrons. The molecule has 1 fully saturated rings. The van der Waals surface area contributed by atoms with Gasteiger partial charge in [0.15, 0.2) is 0 Å². The van der Waals surface area contributed by atoms with Crippen molar-refractivity contribution in [1.82, 2.24) is 4.90 Å². The van der Waals surface area contributed by atoms with Crippen LogP contribution in [0.25, 0.3) is 0 Å². The predicted molar refractivity (Wildman–Crippen MR) is 42.1 cm³/mol. The number of likely N-dealkylation sites (tertiary alicyclic amines) is 1. The SMILES string of the molecule is CC1CC(=O)N(CCCO)C1. The van der Waals surface area contributed by atoms with E-state index in [9.17, 15) is 4.79 Å². The van der Waals surface area contributed by atoms with Gasteiger partial charge in [0.1, 0.15) is 0 Å². The molecule has 1 rings (SSSR count). The number of carbonyl (C=O) groups excluding carboxylic acids is 1. The largest absolute Gasteiger partial charge is 0.396 e. The van der Waals surface area contributed by atoms with E-state index in [-0.39, 0.29) is 12.5 Å². The second kappa shape index (κ2) is 3.72. The lowest BCUT2D eigenvalue weighted by Gasteiger charge is -2.14. The molecule has 1 aliphatic rings. The zero-order valence-corrected chi connectivity index (χ0v) is 6.92. The van der Waals surface area contributed by atoms with Gasteiger partial charge in [-0.15, -0.1) is 0 Å². The summed E-state index contributed by atoms with van der Waals surface area (Å²) in [5.41, 5.74) is 0. The van der Waals surface area contributed by atoms with Gasteiger partial charge in [0.05, 0.1) is 0 Å². The number of hydrogen-bond donors (Lipinski definition) is 1. The van der Waals surface area contributed by atoms with E-state index in [0.29, 0.717) is 18.8 Å². The highest BCUT2D eigenvalue weighted by Crippen LogP contribution is 2.16. The van der Waals surface area contributed by atoms with Crippen LogP contribution < -0.4 is 0 Å². The third kappa shape index (κ3) is 2.19. The summed E-state index contributed by atoms with van der Waals surface area (Å²) in [6.45, 7) is 3.85. The second-order valence-electron chi connectivity index (χ2n) is 3.23. The van der Waals surface area contributed by atoms with E-state index < -0.39 is 0 Å². The minimum Gasteiger partial charge on any atom is -0.396 e. The predicted octanol–water partition coefficient (Wildman–Crippen LogP) is 0.237. The van der Waals surface area contributed by atoms with Crippen molar-refractivity contribution in [3.63, 3.8) is 0 Å². The number of rotatable bonds is 3. The zero-order chi connectivity index (χ0) is 8.27. The van der Waals surface area contributed by atoms with Crippen LogP contribution in [0.5, 0.6) is 0 Å². The molecular weight excluding hydrogens is 142 g/mol. The molecule has 0 aromatic heterocycles. The Hall–Kier alpha value is -0.570. The summed E-state index contributed by atoms with van der Waals surface area (Å²) in [4.78, 5) is 13.0. The minimum absolute atomic E-state index is 0.179. The fourth-order valence-electron chi connectivity index (χ4n) is 1.45. The lowest BCUT2D eigenvalue weighted by atomic mass is 10.2. The summed E-state index contributed by atoms with van der Waals surface area (Å²) in [6, 6.07) is 0. The summed E-state index contributed by atoms with van der Waals surface area (Å²) in [5.74, 6) is 0.743. The molecule has 1 heterocycles. The Kier molecular flexibility index (Phi) is 2.88. The Bertz CT molecular complexity index is 147. The Morgan fingerprint density at radius 3 is 2.91 bits per heavy atom. The summed E-state index contributed by atoms with van der Waals surface area (Å²) < 4.78 is 0. The van der Waals surface area contributed by atoms with Crippen LogP contribution in [0.4, 0.5) is 0 Å². The van der Waals surface area contributed by atoms with Gasteiger partial charge in [-0.05, 0) is 12.3 Å². The highest BCUT2D eigenvalue weighted by atomic mass is 16.3. The molecule has 1 saturated heterocycles. The van der Waals surface area contributed by atoms with Crippen LogP contribution >= 0.6 is 0 Å². The highest BCUT2D eigenvalue weighted by molar-refractivity contribution is 5.78. The van der Waals surface area contributed by atoms with Crippen LogP contribution in [0.2, 0.25) is 0 Å². The Labute approximate surface area is 67.0 Å². The lowest BCUT2D eigenvalue weighted by molar-refractivity contribution is -0.127. The van der Waals surface area contributed by atoms with Gasteiger partial charge < -0.3 is 10.0 Å². The molecule has 1 N–H and O–H groups in total.